The molecule has 0 atom stereocenters. The van der Waals surface area contributed by atoms with Crippen molar-refractivity contribution in [3.8, 4) is 0 Å². The number of halogens is 1. The number of amides is 1. The van der Waals surface area contributed by atoms with E-state index in [4.69, 9.17) is 11.6 Å². The van der Waals surface area contributed by atoms with E-state index in [1.54, 1.807) is 11.3 Å². The lowest BCUT2D eigenvalue weighted by molar-refractivity contribution is 0.0731. The standard InChI is InChI=1S/C11H14ClNOS/c1-8-2-3-10(15-8)11(14)13-6-4-9(12)5-7-13/h2-3,9H,4-7H2,1H3. The predicted octanol–water partition coefficient (Wildman–Crippen LogP) is 2.90. The second-order valence-electron chi connectivity index (χ2n) is 3.88. The highest BCUT2D eigenvalue weighted by molar-refractivity contribution is 7.13. The SMILES string of the molecule is Cc1ccc(C(=O)N2CCC(Cl)CC2)s1. The Morgan fingerprint density at radius 1 is 1.47 bits per heavy atom. The highest BCUT2D eigenvalue weighted by atomic mass is 35.5. The van der Waals surface area contributed by atoms with Crippen LogP contribution >= 0.6 is 22.9 Å². The molecule has 1 amide bonds. The van der Waals surface area contributed by atoms with Crippen LogP contribution in [0.2, 0.25) is 0 Å². The van der Waals surface area contributed by atoms with Crippen molar-refractivity contribution in [2.45, 2.75) is 25.1 Å². The smallest absolute Gasteiger partial charge is 0.263 e. The topological polar surface area (TPSA) is 20.3 Å². The lowest BCUT2D eigenvalue weighted by atomic mass is 10.1. The Morgan fingerprint density at radius 3 is 2.67 bits per heavy atom. The summed E-state index contributed by atoms with van der Waals surface area (Å²) in [6, 6.07) is 3.90. The van der Waals surface area contributed by atoms with E-state index < -0.39 is 0 Å². The molecule has 0 bridgehead atoms. The summed E-state index contributed by atoms with van der Waals surface area (Å²) in [4.78, 5) is 16.0. The van der Waals surface area contributed by atoms with Crippen LogP contribution in [-0.4, -0.2) is 29.3 Å². The highest BCUT2D eigenvalue weighted by Gasteiger charge is 2.22. The summed E-state index contributed by atoms with van der Waals surface area (Å²) < 4.78 is 0. The Balaban J connectivity index is 2.02. The highest BCUT2D eigenvalue weighted by Crippen LogP contribution is 2.21. The number of nitrogens with zero attached hydrogens (tertiary/aromatic N) is 1. The van der Waals surface area contributed by atoms with Gasteiger partial charge in [-0.25, -0.2) is 0 Å². The molecular formula is C11H14ClNOS. The van der Waals surface area contributed by atoms with E-state index in [0.29, 0.717) is 0 Å². The zero-order valence-corrected chi connectivity index (χ0v) is 10.3. The summed E-state index contributed by atoms with van der Waals surface area (Å²) in [7, 11) is 0. The van der Waals surface area contributed by atoms with Crippen LogP contribution < -0.4 is 0 Å². The van der Waals surface area contributed by atoms with Crippen molar-refractivity contribution in [2.75, 3.05) is 13.1 Å². The number of rotatable bonds is 1. The van der Waals surface area contributed by atoms with Crippen LogP contribution in [0.5, 0.6) is 0 Å². The van der Waals surface area contributed by atoms with Gasteiger partial charge in [0.15, 0.2) is 0 Å². The van der Waals surface area contributed by atoms with Crippen LogP contribution in [0.1, 0.15) is 27.4 Å². The van der Waals surface area contributed by atoms with Gasteiger partial charge >= 0.3 is 0 Å². The number of hydrogen-bond acceptors (Lipinski definition) is 2. The number of thiophene rings is 1. The van der Waals surface area contributed by atoms with E-state index in [0.717, 1.165) is 30.8 Å². The average molecular weight is 244 g/mol. The molecule has 2 rings (SSSR count). The first-order chi connectivity index (χ1) is 7.16. The summed E-state index contributed by atoms with van der Waals surface area (Å²) in [5.74, 6) is 0.164. The number of hydrogen-bond donors (Lipinski definition) is 0. The van der Waals surface area contributed by atoms with Crippen molar-refractivity contribution >= 4 is 28.8 Å². The lowest BCUT2D eigenvalue weighted by Crippen LogP contribution is -2.38. The minimum Gasteiger partial charge on any atom is -0.338 e. The van der Waals surface area contributed by atoms with Crippen LogP contribution in [0.15, 0.2) is 12.1 Å². The molecule has 1 aromatic heterocycles. The van der Waals surface area contributed by atoms with Crippen LogP contribution in [-0.2, 0) is 0 Å². The Bertz CT molecular complexity index is 355. The number of aryl methyl sites for hydroxylation is 1. The van der Waals surface area contributed by atoms with Gasteiger partial charge in [-0.05, 0) is 31.9 Å². The van der Waals surface area contributed by atoms with Crippen LogP contribution in [0, 0.1) is 6.92 Å². The number of alkyl halides is 1. The van der Waals surface area contributed by atoms with Gasteiger partial charge in [-0.3, -0.25) is 4.79 Å². The van der Waals surface area contributed by atoms with E-state index in [2.05, 4.69) is 0 Å². The maximum atomic E-state index is 12.0. The van der Waals surface area contributed by atoms with Gasteiger partial charge in [0, 0.05) is 23.3 Å². The van der Waals surface area contributed by atoms with Crippen molar-refractivity contribution in [2.24, 2.45) is 0 Å². The molecule has 82 valence electrons. The molecule has 0 aromatic carbocycles. The number of likely N-dealkylation sites (tertiary alicyclic amines) is 1. The fourth-order valence-corrected chi connectivity index (χ4v) is 2.79. The van der Waals surface area contributed by atoms with Crippen molar-refractivity contribution in [1.29, 1.82) is 0 Å². The summed E-state index contributed by atoms with van der Waals surface area (Å²) in [5, 5.41) is 0.249. The molecule has 15 heavy (non-hydrogen) atoms. The molecule has 2 nitrogen and oxygen atoms in total. The normalized spacial score (nSPS) is 18.1. The van der Waals surface area contributed by atoms with Gasteiger partial charge in [0.05, 0.1) is 4.88 Å². The van der Waals surface area contributed by atoms with Crippen LogP contribution in [0.3, 0.4) is 0 Å². The molecule has 1 fully saturated rings. The minimum absolute atomic E-state index is 0.164. The second-order valence-corrected chi connectivity index (χ2v) is 5.78. The molecule has 2 heterocycles. The van der Waals surface area contributed by atoms with E-state index in [1.807, 2.05) is 24.0 Å². The Hall–Kier alpha value is -0.540. The fraction of sp³-hybridized carbons (Fsp3) is 0.545. The summed E-state index contributed by atoms with van der Waals surface area (Å²) in [5.41, 5.74) is 0. The van der Waals surface area contributed by atoms with Gasteiger partial charge in [0.1, 0.15) is 0 Å². The molecule has 0 N–H and O–H groups in total. The minimum atomic E-state index is 0.164. The molecule has 4 heteroatoms. The zero-order chi connectivity index (χ0) is 10.8. The van der Waals surface area contributed by atoms with E-state index in [1.165, 1.54) is 4.88 Å². The number of piperidine rings is 1. The largest absolute Gasteiger partial charge is 0.338 e. The Morgan fingerprint density at radius 2 is 2.13 bits per heavy atom. The maximum absolute atomic E-state index is 12.0. The van der Waals surface area contributed by atoms with Gasteiger partial charge in [-0.1, -0.05) is 0 Å². The monoisotopic (exact) mass is 243 g/mol. The molecule has 1 saturated heterocycles. The number of carbonyl (C=O) groups excluding carboxylic acids is 1. The molecule has 0 aliphatic carbocycles. The van der Waals surface area contributed by atoms with Gasteiger partial charge < -0.3 is 4.90 Å². The Labute approximate surface area is 98.8 Å². The molecule has 0 saturated carbocycles. The summed E-state index contributed by atoms with van der Waals surface area (Å²) in [6.07, 6.45) is 1.83. The first kappa shape index (κ1) is 11.0. The third kappa shape index (κ3) is 2.52. The molecule has 0 radical (unpaired) electrons. The third-order valence-corrected chi connectivity index (χ3v) is 4.09. The molecule has 0 unspecified atom stereocenters. The van der Waals surface area contributed by atoms with E-state index in [-0.39, 0.29) is 11.3 Å². The van der Waals surface area contributed by atoms with Crippen LogP contribution in [0.25, 0.3) is 0 Å². The van der Waals surface area contributed by atoms with Gasteiger partial charge in [-0.2, -0.15) is 0 Å². The van der Waals surface area contributed by atoms with Gasteiger partial charge in [-0.15, -0.1) is 22.9 Å². The molecule has 0 spiro atoms. The number of carbonyl (C=O) groups is 1. The van der Waals surface area contributed by atoms with Gasteiger partial charge in [0.2, 0.25) is 0 Å². The van der Waals surface area contributed by atoms with E-state index >= 15 is 0 Å². The zero-order valence-electron chi connectivity index (χ0n) is 8.70. The van der Waals surface area contributed by atoms with Crippen molar-refractivity contribution in [3.05, 3.63) is 21.9 Å². The Kier molecular flexibility index (Phi) is 3.32. The third-order valence-electron chi connectivity index (χ3n) is 2.66. The lowest BCUT2D eigenvalue weighted by Gasteiger charge is -2.28. The van der Waals surface area contributed by atoms with Crippen LogP contribution in [0.4, 0.5) is 0 Å². The van der Waals surface area contributed by atoms with Crippen molar-refractivity contribution in [1.82, 2.24) is 4.90 Å². The van der Waals surface area contributed by atoms with Crippen molar-refractivity contribution < 1.29 is 4.79 Å². The average Bonchev–Trinajstić information content (AvgIpc) is 2.65. The summed E-state index contributed by atoms with van der Waals surface area (Å²) in [6.45, 7) is 3.61. The fourth-order valence-electron chi connectivity index (χ4n) is 1.76. The quantitative estimate of drug-likeness (QED) is 0.695. The second kappa shape index (κ2) is 4.54. The first-order valence-electron chi connectivity index (χ1n) is 5.16. The van der Waals surface area contributed by atoms with Crippen molar-refractivity contribution in [3.63, 3.8) is 0 Å². The molecule has 1 aromatic rings. The van der Waals surface area contributed by atoms with Gasteiger partial charge in [0.25, 0.3) is 5.91 Å². The molecule has 1 aliphatic rings. The predicted molar refractivity (Wildman–Crippen MR) is 63.8 cm³/mol. The maximum Gasteiger partial charge on any atom is 0.263 e. The molecular weight excluding hydrogens is 230 g/mol. The molecule has 1 aliphatic heterocycles. The van der Waals surface area contributed by atoms with E-state index in [9.17, 15) is 4.79 Å². The first-order valence-corrected chi connectivity index (χ1v) is 6.42. The summed E-state index contributed by atoms with van der Waals surface area (Å²) >= 11 is 7.57.